The Balaban J connectivity index is 1.45. The molecule has 3 aromatic rings. The number of hydrogen-bond donors (Lipinski definition) is 1. The fourth-order valence-electron chi connectivity index (χ4n) is 3.90. The number of thiazole rings is 1. The summed E-state index contributed by atoms with van der Waals surface area (Å²) in [6.07, 6.45) is 2.84. The van der Waals surface area contributed by atoms with E-state index in [0.717, 1.165) is 55.4 Å². The number of nitrogens with zero attached hydrogens (tertiary/aromatic N) is 4. The summed E-state index contributed by atoms with van der Waals surface area (Å²) in [5.41, 5.74) is 3.45. The minimum Gasteiger partial charge on any atom is -0.396 e. The lowest BCUT2D eigenvalue weighted by Gasteiger charge is -2.41. The molecule has 1 aromatic carbocycles. The molecule has 1 atom stereocenters. The molecule has 0 amide bonds. The third-order valence-corrected chi connectivity index (χ3v) is 6.14. The maximum Gasteiger partial charge on any atom is 0.194 e. The highest BCUT2D eigenvalue weighted by Crippen LogP contribution is 2.22. The number of aryl methyl sites for hydroxylation is 1. The molecule has 1 fully saturated rings. The zero-order valence-electron chi connectivity index (χ0n) is 15.5. The second-order valence-corrected chi connectivity index (χ2v) is 8.07. The van der Waals surface area contributed by atoms with Gasteiger partial charge in [-0.1, -0.05) is 12.1 Å². The van der Waals surface area contributed by atoms with E-state index in [1.165, 1.54) is 17.8 Å². The largest absolute Gasteiger partial charge is 0.396 e. The smallest absolute Gasteiger partial charge is 0.194 e. The Kier molecular flexibility index (Phi) is 5.54. The number of benzene rings is 1. The normalized spacial score (nSPS) is 19.1. The Hall–Kier alpha value is -1.80. The lowest BCUT2D eigenvalue weighted by Crippen LogP contribution is -2.52. The second kappa shape index (κ2) is 8.06. The molecule has 1 unspecified atom stereocenters. The Morgan fingerprint density at radius 3 is 2.81 bits per heavy atom. The van der Waals surface area contributed by atoms with E-state index in [2.05, 4.69) is 37.7 Å². The van der Waals surface area contributed by atoms with Gasteiger partial charge in [0.15, 0.2) is 4.96 Å². The average Bonchev–Trinajstić information content (AvgIpc) is 3.22. The standard InChI is InChI=1S/C20H25FN4OS/c1-15-19(25-9-11-27-20(25)22-15)14-23-7-8-24(18(13-23)6-10-26)12-16-2-4-17(21)5-3-16/h2-5,9,11,18,26H,6-8,10,12-14H2,1H3. The lowest BCUT2D eigenvalue weighted by atomic mass is 10.1. The molecule has 0 radical (unpaired) electrons. The van der Waals surface area contributed by atoms with Crippen molar-refractivity contribution in [1.29, 1.82) is 0 Å². The van der Waals surface area contributed by atoms with E-state index in [0.29, 0.717) is 6.04 Å². The zero-order valence-corrected chi connectivity index (χ0v) is 16.3. The van der Waals surface area contributed by atoms with Crippen LogP contribution in [-0.4, -0.2) is 56.6 Å². The summed E-state index contributed by atoms with van der Waals surface area (Å²) < 4.78 is 15.3. The van der Waals surface area contributed by atoms with E-state index >= 15 is 0 Å². The predicted molar refractivity (Wildman–Crippen MR) is 105 cm³/mol. The van der Waals surface area contributed by atoms with Crippen molar-refractivity contribution >= 4 is 16.3 Å². The summed E-state index contributed by atoms with van der Waals surface area (Å²) >= 11 is 1.66. The number of hydrogen-bond acceptors (Lipinski definition) is 5. The van der Waals surface area contributed by atoms with Gasteiger partial charge in [0.2, 0.25) is 0 Å². The molecule has 2 aromatic heterocycles. The van der Waals surface area contributed by atoms with Gasteiger partial charge >= 0.3 is 0 Å². The molecule has 144 valence electrons. The number of piperazine rings is 1. The van der Waals surface area contributed by atoms with Crippen LogP contribution in [0.15, 0.2) is 35.8 Å². The molecule has 1 saturated heterocycles. The number of rotatable bonds is 6. The quantitative estimate of drug-likeness (QED) is 0.705. The van der Waals surface area contributed by atoms with Gasteiger partial charge in [-0.3, -0.25) is 14.2 Å². The minimum absolute atomic E-state index is 0.179. The number of imidazole rings is 1. The van der Waals surface area contributed by atoms with Crippen molar-refractivity contribution < 1.29 is 9.50 Å². The van der Waals surface area contributed by atoms with Crippen molar-refractivity contribution in [2.24, 2.45) is 0 Å². The van der Waals surface area contributed by atoms with Crippen LogP contribution in [0.4, 0.5) is 4.39 Å². The van der Waals surface area contributed by atoms with Crippen LogP contribution in [-0.2, 0) is 13.1 Å². The number of aliphatic hydroxyl groups excluding tert-OH is 1. The summed E-state index contributed by atoms with van der Waals surface area (Å²) in [5, 5.41) is 11.6. The zero-order chi connectivity index (χ0) is 18.8. The van der Waals surface area contributed by atoms with E-state index in [-0.39, 0.29) is 12.4 Å². The van der Waals surface area contributed by atoms with Gasteiger partial charge in [-0.05, 0) is 31.0 Å². The van der Waals surface area contributed by atoms with Crippen molar-refractivity contribution in [1.82, 2.24) is 19.2 Å². The number of fused-ring (bicyclic) bond motifs is 1. The van der Waals surface area contributed by atoms with Gasteiger partial charge in [-0.25, -0.2) is 9.37 Å². The Bertz CT molecular complexity index is 891. The first-order chi connectivity index (χ1) is 13.1. The molecule has 7 heteroatoms. The highest BCUT2D eigenvalue weighted by atomic mass is 32.1. The van der Waals surface area contributed by atoms with Crippen molar-refractivity contribution in [2.75, 3.05) is 26.2 Å². The molecule has 0 spiro atoms. The molecule has 1 aliphatic rings. The van der Waals surface area contributed by atoms with Crippen molar-refractivity contribution in [3.05, 3.63) is 58.6 Å². The van der Waals surface area contributed by atoms with Gasteiger partial charge in [0, 0.05) is 56.9 Å². The van der Waals surface area contributed by atoms with Gasteiger partial charge in [0.1, 0.15) is 5.82 Å². The van der Waals surface area contributed by atoms with E-state index < -0.39 is 0 Å². The van der Waals surface area contributed by atoms with Crippen LogP contribution in [0.25, 0.3) is 4.96 Å². The Labute approximate surface area is 162 Å². The third kappa shape index (κ3) is 4.06. The maximum absolute atomic E-state index is 13.2. The third-order valence-electron chi connectivity index (χ3n) is 5.38. The fourth-order valence-corrected chi connectivity index (χ4v) is 4.68. The predicted octanol–water partition coefficient (Wildman–Crippen LogP) is 2.91. The van der Waals surface area contributed by atoms with Gasteiger partial charge < -0.3 is 5.11 Å². The van der Waals surface area contributed by atoms with E-state index in [4.69, 9.17) is 0 Å². The first-order valence-electron chi connectivity index (χ1n) is 9.37. The molecule has 0 aliphatic carbocycles. The molecular weight excluding hydrogens is 363 g/mol. The van der Waals surface area contributed by atoms with Crippen LogP contribution in [0.2, 0.25) is 0 Å². The fraction of sp³-hybridized carbons (Fsp3) is 0.450. The highest BCUT2D eigenvalue weighted by molar-refractivity contribution is 7.15. The van der Waals surface area contributed by atoms with Crippen LogP contribution in [0.5, 0.6) is 0 Å². The van der Waals surface area contributed by atoms with Crippen LogP contribution < -0.4 is 0 Å². The van der Waals surface area contributed by atoms with Crippen LogP contribution in [0.1, 0.15) is 23.4 Å². The minimum atomic E-state index is -0.202. The SMILES string of the molecule is Cc1nc2sccn2c1CN1CCN(Cc2ccc(F)cc2)C(CCO)C1. The second-order valence-electron chi connectivity index (χ2n) is 7.20. The molecular formula is C20H25FN4OS. The van der Waals surface area contributed by atoms with Gasteiger partial charge in [-0.15, -0.1) is 11.3 Å². The van der Waals surface area contributed by atoms with Gasteiger partial charge in [0.05, 0.1) is 11.4 Å². The molecule has 0 bridgehead atoms. The first-order valence-corrected chi connectivity index (χ1v) is 10.2. The van der Waals surface area contributed by atoms with Crippen molar-refractivity contribution in [3.8, 4) is 0 Å². The topological polar surface area (TPSA) is 44.0 Å². The molecule has 1 N–H and O–H groups in total. The van der Waals surface area contributed by atoms with E-state index in [1.807, 2.05) is 12.1 Å². The van der Waals surface area contributed by atoms with E-state index in [9.17, 15) is 9.50 Å². The van der Waals surface area contributed by atoms with Crippen molar-refractivity contribution in [3.63, 3.8) is 0 Å². The van der Waals surface area contributed by atoms with Gasteiger partial charge in [-0.2, -0.15) is 0 Å². The summed E-state index contributed by atoms with van der Waals surface area (Å²) in [4.78, 5) is 10.6. The summed E-state index contributed by atoms with van der Waals surface area (Å²) in [6, 6.07) is 7.02. The summed E-state index contributed by atoms with van der Waals surface area (Å²) in [7, 11) is 0. The van der Waals surface area contributed by atoms with Crippen LogP contribution in [0.3, 0.4) is 0 Å². The Morgan fingerprint density at radius 1 is 1.22 bits per heavy atom. The average molecular weight is 389 g/mol. The number of aromatic nitrogens is 2. The van der Waals surface area contributed by atoms with Gasteiger partial charge in [0.25, 0.3) is 0 Å². The van der Waals surface area contributed by atoms with Crippen LogP contribution in [0, 0.1) is 12.7 Å². The molecule has 27 heavy (non-hydrogen) atoms. The molecule has 5 nitrogen and oxygen atoms in total. The molecule has 1 aliphatic heterocycles. The van der Waals surface area contributed by atoms with Crippen molar-refractivity contribution in [2.45, 2.75) is 32.5 Å². The summed E-state index contributed by atoms with van der Waals surface area (Å²) in [6.45, 7) is 6.74. The van der Waals surface area contributed by atoms with Crippen LogP contribution >= 0.6 is 11.3 Å². The lowest BCUT2D eigenvalue weighted by molar-refractivity contribution is 0.0492. The molecule has 3 heterocycles. The molecule has 0 saturated carbocycles. The maximum atomic E-state index is 13.2. The molecule has 4 rings (SSSR count). The monoisotopic (exact) mass is 388 g/mol. The number of halogens is 1. The number of aliphatic hydroxyl groups is 1. The van der Waals surface area contributed by atoms with E-state index in [1.54, 1.807) is 11.3 Å². The first kappa shape index (κ1) is 18.6. The Morgan fingerprint density at radius 2 is 2.04 bits per heavy atom. The highest BCUT2D eigenvalue weighted by Gasteiger charge is 2.27. The summed E-state index contributed by atoms with van der Waals surface area (Å²) in [5.74, 6) is -0.202.